The van der Waals surface area contributed by atoms with Gasteiger partial charge in [-0.2, -0.15) is 9.97 Å². The Bertz CT molecular complexity index is 1050. The van der Waals surface area contributed by atoms with Gasteiger partial charge in [0.15, 0.2) is 5.82 Å². The van der Waals surface area contributed by atoms with Crippen LogP contribution >= 0.6 is 11.6 Å². The molecule has 1 aromatic heterocycles. The van der Waals surface area contributed by atoms with Crippen LogP contribution in [0.1, 0.15) is 18.4 Å². The molecule has 1 saturated carbocycles. The number of aromatic nitrogens is 2. The summed E-state index contributed by atoms with van der Waals surface area (Å²) >= 11 is 5.91. The van der Waals surface area contributed by atoms with E-state index in [-0.39, 0.29) is 24.2 Å². The third kappa shape index (κ3) is 4.52. The van der Waals surface area contributed by atoms with Crippen LogP contribution in [0.2, 0.25) is 5.02 Å². The third-order valence-electron chi connectivity index (χ3n) is 4.64. The highest BCUT2D eigenvalue weighted by atomic mass is 35.5. The molecule has 0 unspecified atom stereocenters. The van der Waals surface area contributed by atoms with Crippen molar-refractivity contribution in [3.8, 4) is 23.1 Å². The number of hydrogen-bond donors (Lipinski definition) is 0. The van der Waals surface area contributed by atoms with Crippen LogP contribution in [-0.4, -0.2) is 28.6 Å². The molecule has 2 aromatic carbocycles. The number of ether oxygens (including phenoxy) is 3. The summed E-state index contributed by atoms with van der Waals surface area (Å²) in [5.41, 5.74) is 0.453. The maximum atomic E-state index is 13.3. The number of benzene rings is 2. The molecule has 4 rings (SSSR count). The van der Waals surface area contributed by atoms with E-state index in [1.807, 2.05) is 12.1 Å². The zero-order chi connectivity index (χ0) is 21.1. The Morgan fingerprint density at radius 2 is 1.73 bits per heavy atom. The summed E-state index contributed by atoms with van der Waals surface area (Å²) in [6, 6.07) is 14.5. The number of esters is 1. The van der Waals surface area contributed by atoms with Crippen LogP contribution in [0, 0.1) is 5.82 Å². The average molecular weight is 429 g/mol. The fourth-order valence-corrected chi connectivity index (χ4v) is 2.97. The first-order valence-electron chi connectivity index (χ1n) is 9.27. The lowest BCUT2D eigenvalue weighted by atomic mass is 10.2. The fraction of sp³-hybridized carbons (Fsp3) is 0.227. The van der Waals surface area contributed by atoms with E-state index in [0.29, 0.717) is 29.3 Å². The van der Waals surface area contributed by atoms with Gasteiger partial charge in [0.1, 0.15) is 12.4 Å². The predicted molar refractivity (Wildman–Crippen MR) is 108 cm³/mol. The molecule has 0 saturated heterocycles. The lowest BCUT2D eigenvalue weighted by Crippen LogP contribution is -2.31. The Hall–Kier alpha value is -3.19. The Morgan fingerprint density at radius 3 is 2.37 bits per heavy atom. The van der Waals surface area contributed by atoms with Crippen molar-refractivity contribution < 1.29 is 23.4 Å². The summed E-state index contributed by atoms with van der Waals surface area (Å²) in [6.45, 7) is 0.249. The van der Waals surface area contributed by atoms with E-state index < -0.39 is 11.6 Å². The summed E-state index contributed by atoms with van der Waals surface area (Å²) in [6.07, 6.45) is 1.08. The van der Waals surface area contributed by atoms with Gasteiger partial charge in [-0.3, -0.25) is 0 Å². The predicted octanol–water partition coefficient (Wildman–Crippen LogP) is 4.60. The zero-order valence-electron chi connectivity index (χ0n) is 16.1. The van der Waals surface area contributed by atoms with Gasteiger partial charge in [-0.25, -0.2) is 9.18 Å². The molecule has 0 atom stereocenters. The van der Waals surface area contributed by atoms with Crippen LogP contribution in [0.4, 0.5) is 4.39 Å². The second-order valence-corrected chi connectivity index (χ2v) is 7.31. The van der Waals surface area contributed by atoms with Gasteiger partial charge in [-0.1, -0.05) is 23.7 Å². The molecule has 0 amide bonds. The highest BCUT2D eigenvalue weighted by Gasteiger charge is 2.54. The van der Waals surface area contributed by atoms with Crippen molar-refractivity contribution in [1.29, 1.82) is 0 Å². The first kappa shape index (κ1) is 20.1. The van der Waals surface area contributed by atoms with Crippen LogP contribution in [0.3, 0.4) is 0 Å². The standard InChI is InChI=1S/C22H18ClFN2O4/c1-28-21(27)22(10-11-22)30-19-12-18(29-13-14-2-6-16(23)7-3-14)25-20(26-19)15-4-8-17(24)9-5-15/h2-9,12H,10-11,13H2,1H3. The quantitative estimate of drug-likeness (QED) is 0.512. The maximum absolute atomic E-state index is 13.3. The number of rotatable bonds is 7. The first-order chi connectivity index (χ1) is 14.5. The van der Waals surface area contributed by atoms with Gasteiger partial charge >= 0.3 is 5.97 Å². The fourth-order valence-electron chi connectivity index (χ4n) is 2.84. The molecule has 0 spiro atoms. The Balaban J connectivity index is 1.62. The molecular weight excluding hydrogens is 411 g/mol. The van der Waals surface area contributed by atoms with Crippen molar-refractivity contribution in [3.63, 3.8) is 0 Å². The molecule has 0 N–H and O–H groups in total. The van der Waals surface area contributed by atoms with Crippen molar-refractivity contribution in [3.05, 3.63) is 71.0 Å². The van der Waals surface area contributed by atoms with Gasteiger partial charge in [0.25, 0.3) is 0 Å². The van der Waals surface area contributed by atoms with Crippen LogP contribution in [-0.2, 0) is 16.1 Å². The molecule has 0 bridgehead atoms. The molecule has 1 heterocycles. The summed E-state index contributed by atoms with van der Waals surface area (Å²) in [7, 11) is 1.32. The summed E-state index contributed by atoms with van der Waals surface area (Å²) in [5.74, 6) is -0.0892. The van der Waals surface area contributed by atoms with E-state index in [1.54, 1.807) is 24.3 Å². The maximum Gasteiger partial charge on any atom is 0.350 e. The lowest BCUT2D eigenvalue weighted by molar-refractivity contribution is -0.151. The largest absolute Gasteiger partial charge is 0.473 e. The van der Waals surface area contributed by atoms with E-state index in [0.717, 1.165) is 5.56 Å². The van der Waals surface area contributed by atoms with Crippen molar-refractivity contribution in [1.82, 2.24) is 9.97 Å². The molecule has 0 aliphatic heterocycles. The first-order valence-corrected chi connectivity index (χ1v) is 9.65. The molecule has 30 heavy (non-hydrogen) atoms. The minimum atomic E-state index is -1.03. The molecule has 1 aliphatic rings. The average Bonchev–Trinajstić information content (AvgIpc) is 3.53. The minimum Gasteiger partial charge on any atom is -0.473 e. The summed E-state index contributed by atoms with van der Waals surface area (Å²) < 4.78 is 29.8. The second kappa shape index (κ2) is 8.28. The topological polar surface area (TPSA) is 70.5 Å². The second-order valence-electron chi connectivity index (χ2n) is 6.88. The summed E-state index contributed by atoms with van der Waals surface area (Å²) in [5, 5.41) is 0.632. The van der Waals surface area contributed by atoms with Crippen molar-refractivity contribution >= 4 is 17.6 Å². The van der Waals surface area contributed by atoms with Gasteiger partial charge in [0.05, 0.1) is 13.2 Å². The number of methoxy groups -OCH3 is 1. The molecule has 8 heteroatoms. The summed E-state index contributed by atoms with van der Waals surface area (Å²) in [4.78, 5) is 20.8. The Kier molecular flexibility index (Phi) is 5.55. The minimum absolute atomic E-state index is 0.179. The molecule has 154 valence electrons. The number of carbonyl (C=O) groups excluding carboxylic acids is 1. The van der Waals surface area contributed by atoms with Gasteiger partial charge in [0.2, 0.25) is 17.4 Å². The van der Waals surface area contributed by atoms with Crippen molar-refractivity contribution in [2.75, 3.05) is 7.11 Å². The third-order valence-corrected chi connectivity index (χ3v) is 4.89. The smallest absolute Gasteiger partial charge is 0.350 e. The normalized spacial score (nSPS) is 14.1. The van der Waals surface area contributed by atoms with Gasteiger partial charge in [-0.15, -0.1) is 0 Å². The van der Waals surface area contributed by atoms with E-state index in [1.165, 1.54) is 25.3 Å². The number of nitrogens with zero attached hydrogens (tertiary/aromatic N) is 2. The van der Waals surface area contributed by atoms with Crippen molar-refractivity contribution in [2.45, 2.75) is 25.0 Å². The van der Waals surface area contributed by atoms with Gasteiger partial charge in [-0.05, 0) is 42.0 Å². The van der Waals surface area contributed by atoms with Crippen molar-refractivity contribution in [2.24, 2.45) is 0 Å². The van der Waals surface area contributed by atoms with E-state index in [2.05, 4.69) is 9.97 Å². The van der Waals surface area contributed by atoms with E-state index >= 15 is 0 Å². The number of carbonyl (C=O) groups is 1. The molecule has 0 radical (unpaired) electrons. The number of hydrogen-bond acceptors (Lipinski definition) is 6. The Morgan fingerprint density at radius 1 is 1.07 bits per heavy atom. The number of halogens is 2. The van der Waals surface area contributed by atoms with Crippen LogP contribution in [0.25, 0.3) is 11.4 Å². The molecule has 6 nitrogen and oxygen atoms in total. The lowest BCUT2D eigenvalue weighted by Gasteiger charge is -2.16. The van der Waals surface area contributed by atoms with Gasteiger partial charge in [0, 0.05) is 23.4 Å². The van der Waals surface area contributed by atoms with Crippen LogP contribution in [0.15, 0.2) is 54.6 Å². The highest BCUT2D eigenvalue weighted by Crippen LogP contribution is 2.41. The van der Waals surface area contributed by atoms with Crippen LogP contribution in [0.5, 0.6) is 11.8 Å². The molecule has 1 aliphatic carbocycles. The zero-order valence-corrected chi connectivity index (χ0v) is 16.9. The molecular formula is C22H18ClFN2O4. The molecule has 3 aromatic rings. The molecule has 1 fully saturated rings. The highest BCUT2D eigenvalue weighted by molar-refractivity contribution is 6.30. The van der Waals surface area contributed by atoms with Crippen LogP contribution < -0.4 is 9.47 Å². The SMILES string of the molecule is COC(=O)C1(Oc2cc(OCc3ccc(Cl)cc3)nc(-c3ccc(F)cc3)n2)CC1. The van der Waals surface area contributed by atoms with E-state index in [9.17, 15) is 9.18 Å². The van der Waals surface area contributed by atoms with Gasteiger partial charge < -0.3 is 14.2 Å². The Labute approximate surface area is 177 Å². The monoisotopic (exact) mass is 428 g/mol. The van der Waals surface area contributed by atoms with E-state index in [4.69, 9.17) is 25.8 Å².